The number of hydrogen-bond acceptors (Lipinski definition) is 6. The largest absolute Gasteiger partial charge is 0.480 e. The lowest BCUT2D eigenvalue weighted by Crippen LogP contribution is -2.42. The number of para-hydroxylation sites is 2. The van der Waals surface area contributed by atoms with Gasteiger partial charge >= 0.3 is 5.97 Å². The van der Waals surface area contributed by atoms with Crippen LogP contribution in [-0.2, 0) is 14.8 Å². The summed E-state index contributed by atoms with van der Waals surface area (Å²) in [7, 11) is -3.89. The van der Waals surface area contributed by atoms with E-state index in [1.807, 2.05) is 24.3 Å². The van der Waals surface area contributed by atoms with E-state index < -0.39 is 21.5 Å². The summed E-state index contributed by atoms with van der Waals surface area (Å²) in [5, 5.41) is 9.16. The molecule has 9 heteroatoms. The summed E-state index contributed by atoms with van der Waals surface area (Å²) in [6.07, 6.45) is 2.20. The Labute approximate surface area is 147 Å². The number of nitrogens with one attached hydrogen (secondary N) is 1. The molecule has 0 amide bonds. The number of hydrogen-bond donors (Lipinski definition) is 2. The molecule has 128 valence electrons. The average Bonchev–Trinajstić information content (AvgIpc) is 3.19. The molecule has 25 heavy (non-hydrogen) atoms. The van der Waals surface area contributed by atoms with Crippen molar-refractivity contribution in [3.8, 4) is 10.6 Å². The predicted molar refractivity (Wildman–Crippen MR) is 92.8 cm³/mol. The highest BCUT2D eigenvalue weighted by atomic mass is 32.2. The molecule has 1 aromatic carbocycles. The van der Waals surface area contributed by atoms with E-state index in [-0.39, 0.29) is 4.21 Å². The van der Waals surface area contributed by atoms with Crippen LogP contribution in [0, 0.1) is 0 Å². The van der Waals surface area contributed by atoms with Crippen LogP contribution in [0.2, 0.25) is 0 Å². The van der Waals surface area contributed by atoms with Gasteiger partial charge < -0.3 is 5.11 Å². The van der Waals surface area contributed by atoms with Gasteiger partial charge in [0.05, 0.1) is 27.8 Å². The Balaban J connectivity index is 1.66. The maximum Gasteiger partial charge on any atom is 0.324 e. The zero-order valence-corrected chi connectivity index (χ0v) is 14.5. The Morgan fingerprint density at radius 1 is 1.16 bits per heavy atom. The van der Waals surface area contributed by atoms with Crippen molar-refractivity contribution in [1.29, 1.82) is 0 Å². The van der Waals surface area contributed by atoms with E-state index in [4.69, 9.17) is 5.11 Å². The highest BCUT2D eigenvalue weighted by molar-refractivity contribution is 7.91. The molecule has 0 bridgehead atoms. The van der Waals surface area contributed by atoms with Gasteiger partial charge in [0.1, 0.15) is 9.75 Å². The van der Waals surface area contributed by atoms with Crippen LogP contribution in [0.25, 0.3) is 21.6 Å². The molecule has 2 heterocycles. The minimum Gasteiger partial charge on any atom is -0.480 e. The van der Waals surface area contributed by atoms with Crippen LogP contribution < -0.4 is 4.72 Å². The van der Waals surface area contributed by atoms with Gasteiger partial charge in [0.25, 0.3) is 10.0 Å². The number of fused-ring (bicyclic) bond motifs is 1. The van der Waals surface area contributed by atoms with Crippen LogP contribution in [0.5, 0.6) is 0 Å². The zero-order chi connectivity index (χ0) is 17.7. The molecule has 0 aliphatic heterocycles. The fourth-order valence-corrected chi connectivity index (χ4v) is 5.15. The number of sulfonamides is 1. The maximum atomic E-state index is 12.4. The molecule has 0 radical (unpaired) electrons. The van der Waals surface area contributed by atoms with Gasteiger partial charge in [-0.2, -0.15) is 4.72 Å². The molecule has 4 rings (SSSR count). The smallest absolute Gasteiger partial charge is 0.324 e. The van der Waals surface area contributed by atoms with Gasteiger partial charge in [-0.1, -0.05) is 12.1 Å². The third kappa shape index (κ3) is 2.90. The Hall–Kier alpha value is -2.36. The van der Waals surface area contributed by atoms with E-state index >= 15 is 0 Å². The number of benzene rings is 1. The Morgan fingerprint density at radius 3 is 2.56 bits per heavy atom. The molecule has 0 saturated heterocycles. The molecule has 0 atom stereocenters. The van der Waals surface area contributed by atoms with Crippen molar-refractivity contribution < 1.29 is 18.3 Å². The lowest BCUT2D eigenvalue weighted by molar-refractivity contribution is -0.140. The normalized spacial score (nSPS) is 16.0. The van der Waals surface area contributed by atoms with Gasteiger partial charge in [0.15, 0.2) is 0 Å². The van der Waals surface area contributed by atoms with Crippen molar-refractivity contribution in [2.75, 3.05) is 0 Å². The number of nitrogens with zero attached hydrogens (tertiary/aromatic N) is 2. The number of carboxylic acids is 1. The number of aromatic nitrogens is 2. The number of aliphatic carboxylic acids is 1. The molecule has 0 spiro atoms. The van der Waals surface area contributed by atoms with Crippen molar-refractivity contribution in [2.45, 2.75) is 22.6 Å². The lowest BCUT2D eigenvalue weighted by atomic mass is 10.3. The molecule has 1 aliphatic rings. The fraction of sp³-hybridized carbons (Fsp3) is 0.188. The third-order valence-corrected chi connectivity index (χ3v) is 7.17. The van der Waals surface area contributed by atoms with E-state index in [2.05, 4.69) is 14.7 Å². The van der Waals surface area contributed by atoms with Crippen molar-refractivity contribution >= 4 is 38.4 Å². The average molecular weight is 375 g/mol. The second kappa shape index (κ2) is 5.58. The summed E-state index contributed by atoms with van der Waals surface area (Å²) in [6, 6.07) is 10.5. The summed E-state index contributed by atoms with van der Waals surface area (Å²) in [4.78, 5) is 20.7. The van der Waals surface area contributed by atoms with E-state index in [1.54, 1.807) is 12.3 Å². The van der Waals surface area contributed by atoms with Crippen LogP contribution in [0.15, 0.2) is 46.8 Å². The molecule has 0 unspecified atom stereocenters. The maximum absolute atomic E-state index is 12.4. The van der Waals surface area contributed by atoms with Crippen molar-refractivity contribution in [3.05, 3.63) is 42.6 Å². The minimum atomic E-state index is -3.89. The van der Waals surface area contributed by atoms with Crippen LogP contribution in [0.3, 0.4) is 0 Å². The standard InChI is InChI=1S/C16H13N3O4S2/c20-15(21)16(7-8-16)19-25(22,23)14-6-5-13(24-14)12-9-17-10-3-1-2-4-11(10)18-12/h1-6,9,19H,7-8H2,(H,20,21). The molecule has 7 nitrogen and oxygen atoms in total. The molecule has 1 aliphatic carbocycles. The SMILES string of the molecule is O=C(O)C1(NS(=O)(=O)c2ccc(-c3cnc4ccccc4n3)s2)CC1. The molecule has 3 aromatic rings. The van der Waals surface area contributed by atoms with Crippen LogP contribution in [-0.4, -0.2) is 35.0 Å². The molecular weight excluding hydrogens is 362 g/mol. The van der Waals surface area contributed by atoms with E-state index in [1.165, 1.54) is 6.07 Å². The van der Waals surface area contributed by atoms with Gasteiger partial charge in [0, 0.05) is 0 Å². The summed E-state index contributed by atoms with van der Waals surface area (Å²) < 4.78 is 27.3. The molecular formula is C16H13N3O4S2. The quantitative estimate of drug-likeness (QED) is 0.708. The van der Waals surface area contributed by atoms with Crippen molar-refractivity contribution in [3.63, 3.8) is 0 Å². The zero-order valence-electron chi connectivity index (χ0n) is 12.8. The first-order valence-electron chi connectivity index (χ1n) is 7.49. The highest BCUT2D eigenvalue weighted by Gasteiger charge is 2.53. The van der Waals surface area contributed by atoms with E-state index in [0.29, 0.717) is 23.4 Å². The molecule has 1 fully saturated rings. The summed E-state index contributed by atoms with van der Waals surface area (Å²) in [5.74, 6) is -1.15. The van der Waals surface area contributed by atoms with E-state index in [0.717, 1.165) is 22.4 Å². The summed E-state index contributed by atoms with van der Waals surface area (Å²) in [6.45, 7) is 0. The molecule has 2 N–H and O–H groups in total. The van der Waals surface area contributed by atoms with Gasteiger partial charge in [0.2, 0.25) is 0 Å². The summed E-state index contributed by atoms with van der Waals surface area (Å²) in [5.41, 5.74) is 0.698. The molecule has 2 aromatic heterocycles. The third-order valence-electron chi connectivity index (χ3n) is 4.04. The summed E-state index contributed by atoms with van der Waals surface area (Å²) >= 11 is 1.04. The Kier molecular flexibility index (Phi) is 3.60. The predicted octanol–water partition coefficient (Wildman–Crippen LogP) is 2.25. The fourth-order valence-electron chi connectivity index (χ4n) is 2.47. The highest BCUT2D eigenvalue weighted by Crippen LogP contribution is 2.38. The minimum absolute atomic E-state index is 0.0602. The number of rotatable bonds is 5. The number of carboxylic acid groups (broad SMARTS) is 1. The first-order chi connectivity index (χ1) is 11.9. The topological polar surface area (TPSA) is 109 Å². The Bertz CT molecular complexity index is 1090. The van der Waals surface area contributed by atoms with Crippen LogP contribution in [0.1, 0.15) is 12.8 Å². The van der Waals surface area contributed by atoms with E-state index in [9.17, 15) is 13.2 Å². The lowest BCUT2D eigenvalue weighted by Gasteiger charge is -2.11. The van der Waals surface area contributed by atoms with Gasteiger partial charge in [-0.05, 0) is 37.1 Å². The van der Waals surface area contributed by atoms with Crippen molar-refractivity contribution in [2.24, 2.45) is 0 Å². The van der Waals surface area contributed by atoms with Crippen LogP contribution in [0.4, 0.5) is 0 Å². The van der Waals surface area contributed by atoms with Gasteiger partial charge in [-0.3, -0.25) is 9.78 Å². The molecule has 1 saturated carbocycles. The number of thiophene rings is 1. The monoisotopic (exact) mass is 375 g/mol. The second-order valence-corrected chi connectivity index (χ2v) is 8.85. The Morgan fingerprint density at radius 2 is 1.88 bits per heavy atom. The second-order valence-electron chi connectivity index (χ2n) is 5.86. The van der Waals surface area contributed by atoms with Crippen LogP contribution >= 0.6 is 11.3 Å². The number of carbonyl (C=O) groups is 1. The first-order valence-corrected chi connectivity index (χ1v) is 9.79. The van der Waals surface area contributed by atoms with Gasteiger partial charge in [-0.15, -0.1) is 11.3 Å². The van der Waals surface area contributed by atoms with Gasteiger partial charge in [-0.25, -0.2) is 13.4 Å². The first kappa shape index (κ1) is 16.1. The van der Waals surface area contributed by atoms with Crippen molar-refractivity contribution in [1.82, 2.24) is 14.7 Å².